The number of fused-ring (bicyclic) bond motifs is 1. The molecule has 0 aromatic heterocycles. The number of nitro groups is 2. The van der Waals surface area contributed by atoms with Gasteiger partial charge in [0.2, 0.25) is 0 Å². The lowest BCUT2D eigenvalue weighted by Crippen LogP contribution is -1.93. The van der Waals surface area contributed by atoms with Gasteiger partial charge in [0.15, 0.2) is 0 Å². The third-order valence-electron chi connectivity index (χ3n) is 2.34. The van der Waals surface area contributed by atoms with Gasteiger partial charge >= 0.3 is 0 Å². The van der Waals surface area contributed by atoms with Gasteiger partial charge in [-0.3, -0.25) is 20.2 Å². The molecule has 0 saturated heterocycles. The minimum Gasteiger partial charge on any atom is -0.258 e. The van der Waals surface area contributed by atoms with E-state index in [1.807, 2.05) is 0 Å². The lowest BCUT2D eigenvalue weighted by Gasteiger charge is -2.02. The van der Waals surface area contributed by atoms with Gasteiger partial charge in [-0.2, -0.15) is 0 Å². The predicted molar refractivity (Wildman–Crippen MR) is 62.3 cm³/mol. The Bertz CT molecular complexity index is 641. The zero-order chi connectivity index (χ0) is 12.6. The van der Waals surface area contributed by atoms with Crippen LogP contribution in [0.4, 0.5) is 11.4 Å². The zero-order valence-electron chi connectivity index (χ0n) is 8.29. The molecule has 0 fully saturated rings. The molecule has 6 nitrogen and oxygen atoms in total. The fourth-order valence-corrected chi connectivity index (χ4v) is 1.90. The van der Waals surface area contributed by atoms with Crippen LogP contribution in [0.15, 0.2) is 30.3 Å². The molecular weight excluding hydrogens is 248 g/mol. The summed E-state index contributed by atoms with van der Waals surface area (Å²) in [6, 6.07) is 6.61. The molecule has 2 aromatic rings. The van der Waals surface area contributed by atoms with Crippen molar-refractivity contribution in [3.8, 4) is 0 Å². The first-order valence-electron chi connectivity index (χ1n) is 4.52. The van der Waals surface area contributed by atoms with Crippen LogP contribution in [-0.2, 0) is 0 Å². The maximum atomic E-state index is 10.8. The van der Waals surface area contributed by atoms with Crippen LogP contribution in [0.25, 0.3) is 10.8 Å². The Morgan fingerprint density at radius 1 is 0.941 bits per heavy atom. The molecule has 0 spiro atoms. The summed E-state index contributed by atoms with van der Waals surface area (Å²) < 4.78 is 0. The first kappa shape index (κ1) is 11.3. The van der Waals surface area contributed by atoms with E-state index in [2.05, 4.69) is 0 Å². The Balaban J connectivity index is 2.95. The van der Waals surface area contributed by atoms with Crippen molar-refractivity contribution < 1.29 is 9.85 Å². The number of non-ortho nitro benzene ring substituents is 2. The van der Waals surface area contributed by atoms with E-state index in [0.29, 0.717) is 0 Å². The Morgan fingerprint density at radius 3 is 2.18 bits per heavy atom. The minimum absolute atomic E-state index is 0.0911. The lowest BCUT2D eigenvalue weighted by molar-refractivity contribution is -0.384. The summed E-state index contributed by atoms with van der Waals surface area (Å²) in [4.78, 5) is 20.4. The maximum absolute atomic E-state index is 10.8. The van der Waals surface area contributed by atoms with E-state index >= 15 is 0 Å². The average Bonchev–Trinajstić information content (AvgIpc) is 2.28. The van der Waals surface area contributed by atoms with Crippen molar-refractivity contribution in [2.24, 2.45) is 0 Å². The normalized spacial score (nSPS) is 10.4. The standard InChI is InChI=1S/C10H5ClN2O4/c11-7-4-5-8(12(14)15)6-2-1-3-9(10(6)7)13(16)17/h1-5H. The molecule has 0 atom stereocenters. The fraction of sp³-hybridized carbons (Fsp3) is 0. The van der Waals surface area contributed by atoms with Gasteiger partial charge in [-0.05, 0) is 12.1 Å². The molecule has 0 bridgehead atoms. The average molecular weight is 253 g/mol. The molecule has 0 heterocycles. The van der Waals surface area contributed by atoms with Crippen molar-refractivity contribution in [3.63, 3.8) is 0 Å². The highest BCUT2D eigenvalue weighted by molar-refractivity contribution is 6.36. The molecule has 0 amide bonds. The molecule has 0 aliphatic heterocycles. The van der Waals surface area contributed by atoms with E-state index in [-0.39, 0.29) is 27.2 Å². The summed E-state index contributed by atoms with van der Waals surface area (Å²) in [5.41, 5.74) is -0.440. The predicted octanol–water partition coefficient (Wildman–Crippen LogP) is 3.31. The van der Waals surface area contributed by atoms with Gasteiger partial charge in [-0.15, -0.1) is 0 Å². The Labute approximate surface area is 99.7 Å². The summed E-state index contributed by atoms with van der Waals surface area (Å²) >= 11 is 5.86. The fourth-order valence-electron chi connectivity index (χ4n) is 1.64. The van der Waals surface area contributed by atoms with Crippen molar-refractivity contribution in [1.82, 2.24) is 0 Å². The van der Waals surface area contributed by atoms with Gasteiger partial charge < -0.3 is 0 Å². The summed E-state index contributed by atoms with van der Waals surface area (Å²) in [5.74, 6) is 0. The van der Waals surface area contributed by atoms with Gasteiger partial charge in [0.25, 0.3) is 11.4 Å². The molecule has 0 saturated carbocycles. The largest absolute Gasteiger partial charge is 0.278 e. The highest BCUT2D eigenvalue weighted by Crippen LogP contribution is 2.36. The summed E-state index contributed by atoms with van der Waals surface area (Å²) in [5, 5.41) is 22.0. The SMILES string of the molecule is O=[N+]([O-])c1ccc(Cl)c2c([N+](=O)[O-])cccc12. The number of nitro benzene ring substituents is 2. The molecular formula is C10H5ClN2O4. The molecule has 2 aromatic carbocycles. The molecule has 7 heteroatoms. The van der Waals surface area contributed by atoms with Crippen LogP contribution in [0.3, 0.4) is 0 Å². The Hall–Kier alpha value is -2.21. The third kappa shape index (κ3) is 1.78. The maximum Gasteiger partial charge on any atom is 0.278 e. The quantitative estimate of drug-likeness (QED) is 0.606. The summed E-state index contributed by atoms with van der Waals surface area (Å²) in [6.45, 7) is 0. The topological polar surface area (TPSA) is 86.3 Å². The molecule has 2 rings (SSSR count). The van der Waals surface area contributed by atoms with Crippen molar-refractivity contribution in [1.29, 1.82) is 0 Å². The van der Waals surface area contributed by atoms with Gasteiger partial charge in [-0.1, -0.05) is 17.7 Å². The van der Waals surface area contributed by atoms with Gasteiger partial charge in [-0.25, -0.2) is 0 Å². The van der Waals surface area contributed by atoms with Crippen LogP contribution in [0.2, 0.25) is 5.02 Å². The second kappa shape index (κ2) is 3.99. The Morgan fingerprint density at radius 2 is 1.59 bits per heavy atom. The number of hydrogen-bond acceptors (Lipinski definition) is 4. The number of nitrogens with zero attached hydrogens (tertiary/aromatic N) is 2. The molecule has 0 N–H and O–H groups in total. The van der Waals surface area contributed by atoms with Crippen molar-refractivity contribution in [2.45, 2.75) is 0 Å². The van der Waals surface area contributed by atoms with Crippen molar-refractivity contribution >= 4 is 33.7 Å². The van der Waals surface area contributed by atoms with Crippen LogP contribution in [0, 0.1) is 20.2 Å². The van der Waals surface area contributed by atoms with Crippen molar-refractivity contribution in [3.05, 3.63) is 55.6 Å². The van der Waals surface area contributed by atoms with Crippen LogP contribution < -0.4 is 0 Å². The lowest BCUT2D eigenvalue weighted by atomic mass is 10.1. The highest BCUT2D eigenvalue weighted by atomic mass is 35.5. The monoisotopic (exact) mass is 252 g/mol. The molecule has 0 aliphatic carbocycles. The van der Waals surface area contributed by atoms with Crippen LogP contribution in [-0.4, -0.2) is 9.85 Å². The number of hydrogen-bond donors (Lipinski definition) is 0. The second-order valence-electron chi connectivity index (χ2n) is 3.28. The van der Waals surface area contributed by atoms with E-state index in [4.69, 9.17) is 11.6 Å². The first-order valence-corrected chi connectivity index (χ1v) is 4.90. The van der Waals surface area contributed by atoms with E-state index < -0.39 is 9.85 Å². The number of halogens is 1. The first-order chi connectivity index (χ1) is 8.02. The van der Waals surface area contributed by atoms with Crippen molar-refractivity contribution in [2.75, 3.05) is 0 Å². The number of benzene rings is 2. The minimum atomic E-state index is -0.613. The number of rotatable bonds is 2. The van der Waals surface area contributed by atoms with Gasteiger partial charge in [0, 0.05) is 12.1 Å². The summed E-state index contributed by atoms with van der Waals surface area (Å²) in [6.07, 6.45) is 0. The van der Waals surface area contributed by atoms with E-state index in [1.165, 1.54) is 30.3 Å². The zero-order valence-corrected chi connectivity index (χ0v) is 9.05. The Kier molecular flexibility index (Phi) is 2.64. The summed E-state index contributed by atoms with van der Waals surface area (Å²) in [7, 11) is 0. The highest BCUT2D eigenvalue weighted by Gasteiger charge is 2.20. The van der Waals surface area contributed by atoms with Crippen LogP contribution in [0.5, 0.6) is 0 Å². The van der Waals surface area contributed by atoms with E-state index in [0.717, 1.165) is 0 Å². The van der Waals surface area contributed by atoms with E-state index in [1.54, 1.807) is 0 Å². The molecule has 17 heavy (non-hydrogen) atoms. The second-order valence-corrected chi connectivity index (χ2v) is 3.69. The van der Waals surface area contributed by atoms with E-state index in [9.17, 15) is 20.2 Å². The molecule has 0 unspecified atom stereocenters. The van der Waals surface area contributed by atoms with Crippen LogP contribution in [0.1, 0.15) is 0 Å². The molecule has 86 valence electrons. The van der Waals surface area contributed by atoms with Crippen LogP contribution >= 0.6 is 11.6 Å². The third-order valence-corrected chi connectivity index (χ3v) is 2.65. The van der Waals surface area contributed by atoms with Gasteiger partial charge in [0.05, 0.1) is 25.6 Å². The van der Waals surface area contributed by atoms with Gasteiger partial charge in [0.1, 0.15) is 0 Å². The molecule has 0 radical (unpaired) electrons. The molecule has 0 aliphatic rings. The smallest absolute Gasteiger partial charge is 0.258 e.